The lowest BCUT2D eigenvalue weighted by molar-refractivity contribution is 0.366. The van der Waals surface area contributed by atoms with Crippen LogP contribution in [0, 0.1) is 5.82 Å². The van der Waals surface area contributed by atoms with Gasteiger partial charge in [0.25, 0.3) is 0 Å². The highest BCUT2D eigenvalue weighted by Gasteiger charge is 2.27. The van der Waals surface area contributed by atoms with Crippen molar-refractivity contribution in [3.05, 3.63) is 29.6 Å². The summed E-state index contributed by atoms with van der Waals surface area (Å²) in [6, 6.07) is 4.08. The van der Waals surface area contributed by atoms with Crippen molar-refractivity contribution < 1.29 is 12.8 Å². The molecular formula is C14H23FN2O2S. The zero-order valence-electron chi connectivity index (χ0n) is 12.5. The van der Waals surface area contributed by atoms with Gasteiger partial charge in [-0.05, 0) is 38.1 Å². The van der Waals surface area contributed by atoms with Crippen LogP contribution in [0.3, 0.4) is 0 Å². The molecular weight excluding hydrogens is 279 g/mol. The largest absolute Gasteiger partial charge is 0.316 e. The van der Waals surface area contributed by atoms with Crippen LogP contribution in [-0.2, 0) is 16.6 Å². The van der Waals surface area contributed by atoms with Gasteiger partial charge in [0.05, 0.1) is 0 Å². The first-order valence-corrected chi connectivity index (χ1v) is 8.19. The molecule has 0 spiro atoms. The van der Waals surface area contributed by atoms with Gasteiger partial charge in [-0.15, -0.1) is 0 Å². The molecule has 0 aromatic heterocycles. The van der Waals surface area contributed by atoms with Crippen LogP contribution in [0.15, 0.2) is 23.1 Å². The lowest BCUT2D eigenvalue weighted by atomic mass is 10.2. The third-order valence-corrected chi connectivity index (χ3v) is 5.37. The van der Waals surface area contributed by atoms with Crippen molar-refractivity contribution >= 4 is 10.0 Å². The minimum Gasteiger partial charge on any atom is -0.316 e. The number of halogens is 1. The fourth-order valence-corrected chi connectivity index (χ4v) is 3.49. The van der Waals surface area contributed by atoms with Crippen LogP contribution in [0.25, 0.3) is 0 Å². The fourth-order valence-electron chi connectivity index (χ4n) is 2.06. The summed E-state index contributed by atoms with van der Waals surface area (Å²) in [7, 11) is -0.535. The van der Waals surface area contributed by atoms with E-state index in [-0.39, 0.29) is 10.9 Å². The molecule has 1 atom stereocenters. The van der Waals surface area contributed by atoms with Crippen molar-refractivity contribution in [3.8, 4) is 0 Å². The molecule has 1 unspecified atom stereocenters. The van der Waals surface area contributed by atoms with Gasteiger partial charge in [-0.2, -0.15) is 4.31 Å². The summed E-state index contributed by atoms with van der Waals surface area (Å²) in [6.45, 7) is 4.32. The molecule has 1 N–H and O–H groups in total. The van der Waals surface area contributed by atoms with E-state index in [1.165, 1.54) is 23.5 Å². The Morgan fingerprint density at radius 1 is 1.40 bits per heavy atom. The zero-order valence-corrected chi connectivity index (χ0v) is 13.3. The first-order valence-electron chi connectivity index (χ1n) is 6.75. The first kappa shape index (κ1) is 17.1. The minimum absolute atomic E-state index is 0.151. The Bertz CT molecular complexity index is 546. The monoisotopic (exact) mass is 302 g/mol. The van der Waals surface area contributed by atoms with Gasteiger partial charge in [-0.3, -0.25) is 0 Å². The molecule has 1 rings (SSSR count). The normalized spacial score (nSPS) is 13.7. The molecule has 0 aliphatic rings. The minimum atomic E-state index is -3.78. The van der Waals surface area contributed by atoms with E-state index in [2.05, 4.69) is 5.32 Å². The Labute approximate surface area is 121 Å². The number of sulfonamides is 1. The predicted molar refractivity (Wildman–Crippen MR) is 78.5 cm³/mol. The van der Waals surface area contributed by atoms with E-state index in [0.29, 0.717) is 12.1 Å². The molecule has 0 fully saturated rings. The Hall–Kier alpha value is -0.980. The van der Waals surface area contributed by atoms with Crippen LogP contribution in [0.1, 0.15) is 32.3 Å². The number of rotatable bonds is 7. The molecule has 0 saturated carbocycles. The molecule has 0 aliphatic carbocycles. The standard InChI is InChI=1S/C14H23FN2O2S/c1-5-6-11(2)17(4)20(18,19)14-8-7-12(10-16-3)9-13(14)15/h7-9,11,16H,5-6,10H2,1-4H3. The van der Waals surface area contributed by atoms with Crippen LogP contribution in [0.4, 0.5) is 4.39 Å². The summed E-state index contributed by atoms with van der Waals surface area (Å²) < 4.78 is 40.1. The van der Waals surface area contributed by atoms with Crippen molar-refractivity contribution in [1.82, 2.24) is 9.62 Å². The lowest BCUT2D eigenvalue weighted by Crippen LogP contribution is -2.35. The second-order valence-electron chi connectivity index (χ2n) is 4.95. The van der Waals surface area contributed by atoms with Crippen LogP contribution >= 0.6 is 0 Å². The molecule has 4 nitrogen and oxygen atoms in total. The highest BCUT2D eigenvalue weighted by atomic mass is 32.2. The molecule has 0 bridgehead atoms. The average Bonchev–Trinajstić information content (AvgIpc) is 2.38. The quantitative estimate of drug-likeness (QED) is 0.841. The van der Waals surface area contributed by atoms with Crippen molar-refractivity contribution in [3.63, 3.8) is 0 Å². The molecule has 0 aliphatic heterocycles. The highest BCUT2D eigenvalue weighted by molar-refractivity contribution is 7.89. The summed E-state index contributed by atoms with van der Waals surface area (Å²) in [6.07, 6.45) is 1.62. The van der Waals surface area contributed by atoms with E-state index >= 15 is 0 Å². The maximum Gasteiger partial charge on any atom is 0.245 e. The van der Waals surface area contributed by atoms with Crippen molar-refractivity contribution in [2.45, 2.75) is 44.2 Å². The third-order valence-electron chi connectivity index (χ3n) is 3.36. The van der Waals surface area contributed by atoms with Gasteiger partial charge in [0.1, 0.15) is 10.7 Å². The summed E-state index contributed by atoms with van der Waals surface area (Å²) in [4.78, 5) is -0.261. The zero-order chi connectivity index (χ0) is 15.3. The Balaban J connectivity index is 3.09. The van der Waals surface area contributed by atoms with E-state index in [9.17, 15) is 12.8 Å². The van der Waals surface area contributed by atoms with E-state index in [1.54, 1.807) is 13.1 Å². The molecule has 0 saturated heterocycles. The lowest BCUT2D eigenvalue weighted by Gasteiger charge is -2.24. The second kappa shape index (κ2) is 7.15. The number of nitrogens with one attached hydrogen (secondary N) is 1. The molecule has 0 radical (unpaired) electrons. The van der Waals surface area contributed by atoms with Gasteiger partial charge >= 0.3 is 0 Å². The first-order chi connectivity index (χ1) is 9.34. The van der Waals surface area contributed by atoms with E-state index < -0.39 is 15.8 Å². The van der Waals surface area contributed by atoms with Gasteiger partial charge in [0.2, 0.25) is 10.0 Å². The Morgan fingerprint density at radius 3 is 2.55 bits per heavy atom. The molecule has 6 heteroatoms. The van der Waals surface area contributed by atoms with Crippen molar-refractivity contribution in [1.29, 1.82) is 0 Å². The summed E-state index contributed by atoms with van der Waals surface area (Å²) in [5.41, 5.74) is 0.716. The summed E-state index contributed by atoms with van der Waals surface area (Å²) in [5, 5.41) is 2.90. The molecule has 1 aromatic rings. The SMILES string of the molecule is CCCC(C)N(C)S(=O)(=O)c1ccc(CNC)cc1F. The average molecular weight is 302 g/mol. The maximum atomic E-state index is 14.0. The maximum absolute atomic E-state index is 14.0. The number of hydrogen-bond donors (Lipinski definition) is 1. The molecule has 1 aromatic carbocycles. The third kappa shape index (κ3) is 3.77. The van der Waals surface area contributed by atoms with Crippen LogP contribution in [0.5, 0.6) is 0 Å². The molecule has 114 valence electrons. The Morgan fingerprint density at radius 2 is 2.05 bits per heavy atom. The number of hydrogen-bond acceptors (Lipinski definition) is 3. The van der Waals surface area contributed by atoms with E-state index in [1.807, 2.05) is 13.8 Å². The predicted octanol–water partition coefficient (Wildman–Crippen LogP) is 2.35. The molecule has 0 heterocycles. The summed E-state index contributed by atoms with van der Waals surface area (Å²) >= 11 is 0. The van der Waals surface area contributed by atoms with Gasteiger partial charge in [-0.1, -0.05) is 19.4 Å². The number of nitrogens with zero attached hydrogens (tertiary/aromatic N) is 1. The second-order valence-corrected chi connectivity index (χ2v) is 6.92. The topological polar surface area (TPSA) is 49.4 Å². The van der Waals surface area contributed by atoms with Crippen LogP contribution in [-0.4, -0.2) is 32.9 Å². The van der Waals surface area contributed by atoms with E-state index in [4.69, 9.17) is 0 Å². The van der Waals surface area contributed by atoms with Crippen molar-refractivity contribution in [2.24, 2.45) is 0 Å². The number of benzene rings is 1. The van der Waals surface area contributed by atoms with Crippen molar-refractivity contribution in [2.75, 3.05) is 14.1 Å². The smallest absolute Gasteiger partial charge is 0.245 e. The molecule has 20 heavy (non-hydrogen) atoms. The van der Waals surface area contributed by atoms with Gasteiger partial charge in [0.15, 0.2) is 0 Å². The Kier molecular flexibility index (Phi) is 6.10. The van der Waals surface area contributed by atoms with Crippen LogP contribution < -0.4 is 5.32 Å². The fraction of sp³-hybridized carbons (Fsp3) is 0.571. The van der Waals surface area contributed by atoms with Gasteiger partial charge < -0.3 is 5.32 Å². The molecule has 0 amide bonds. The van der Waals surface area contributed by atoms with Gasteiger partial charge in [0, 0.05) is 19.6 Å². The summed E-state index contributed by atoms with van der Waals surface area (Å²) in [5.74, 6) is -0.701. The van der Waals surface area contributed by atoms with Gasteiger partial charge in [-0.25, -0.2) is 12.8 Å². The van der Waals surface area contributed by atoms with Crippen LogP contribution in [0.2, 0.25) is 0 Å². The van der Waals surface area contributed by atoms with E-state index in [0.717, 1.165) is 12.8 Å². The highest BCUT2D eigenvalue weighted by Crippen LogP contribution is 2.22.